The summed E-state index contributed by atoms with van der Waals surface area (Å²) >= 11 is 0. The fourth-order valence-corrected chi connectivity index (χ4v) is 3.07. The SMILES string of the molecule is COc1ccc(OC)c(C(C)NC(=O)COc2ccc(C(C)C)c(C)c2)c1. The number of benzene rings is 2. The normalized spacial score (nSPS) is 11.8. The van der Waals surface area contributed by atoms with E-state index in [0.29, 0.717) is 23.2 Å². The van der Waals surface area contributed by atoms with Gasteiger partial charge in [-0.05, 0) is 61.2 Å². The molecule has 1 atom stereocenters. The molecule has 0 heterocycles. The van der Waals surface area contributed by atoms with E-state index in [-0.39, 0.29) is 18.6 Å². The van der Waals surface area contributed by atoms with Gasteiger partial charge in [0.05, 0.1) is 20.3 Å². The van der Waals surface area contributed by atoms with Crippen LogP contribution in [0.25, 0.3) is 0 Å². The van der Waals surface area contributed by atoms with E-state index >= 15 is 0 Å². The first-order valence-electron chi connectivity index (χ1n) is 9.10. The summed E-state index contributed by atoms with van der Waals surface area (Å²) < 4.78 is 16.3. The molecule has 0 fully saturated rings. The maximum atomic E-state index is 12.3. The molecule has 0 saturated heterocycles. The Hall–Kier alpha value is -2.69. The highest BCUT2D eigenvalue weighted by atomic mass is 16.5. The molecule has 0 aliphatic rings. The van der Waals surface area contributed by atoms with Crippen LogP contribution in [0.15, 0.2) is 36.4 Å². The van der Waals surface area contributed by atoms with Crippen molar-refractivity contribution in [2.45, 2.75) is 39.7 Å². The smallest absolute Gasteiger partial charge is 0.258 e. The third-order valence-corrected chi connectivity index (χ3v) is 4.51. The molecule has 1 amide bonds. The highest BCUT2D eigenvalue weighted by molar-refractivity contribution is 5.78. The summed E-state index contributed by atoms with van der Waals surface area (Å²) in [5, 5.41) is 2.94. The van der Waals surface area contributed by atoms with Gasteiger partial charge in [-0.15, -0.1) is 0 Å². The van der Waals surface area contributed by atoms with Gasteiger partial charge in [-0.3, -0.25) is 4.79 Å². The van der Waals surface area contributed by atoms with Crippen LogP contribution in [0.5, 0.6) is 17.2 Å². The van der Waals surface area contributed by atoms with Crippen LogP contribution in [0.1, 0.15) is 49.4 Å². The van der Waals surface area contributed by atoms with Gasteiger partial charge in [0.1, 0.15) is 17.2 Å². The average Bonchev–Trinajstić information content (AvgIpc) is 2.65. The lowest BCUT2D eigenvalue weighted by Gasteiger charge is -2.18. The summed E-state index contributed by atoms with van der Waals surface area (Å²) in [4.78, 5) is 12.3. The number of carbonyl (C=O) groups excluding carboxylic acids is 1. The van der Waals surface area contributed by atoms with E-state index in [1.54, 1.807) is 14.2 Å². The van der Waals surface area contributed by atoms with E-state index in [1.807, 2.05) is 37.3 Å². The molecule has 27 heavy (non-hydrogen) atoms. The van der Waals surface area contributed by atoms with E-state index in [2.05, 4.69) is 32.2 Å². The predicted molar refractivity (Wildman–Crippen MR) is 107 cm³/mol. The third kappa shape index (κ3) is 5.39. The van der Waals surface area contributed by atoms with Crippen LogP contribution < -0.4 is 19.5 Å². The predicted octanol–water partition coefficient (Wildman–Crippen LogP) is 4.39. The Balaban J connectivity index is 1.98. The minimum atomic E-state index is -0.240. The molecule has 0 spiro atoms. The zero-order valence-electron chi connectivity index (χ0n) is 17.0. The molecular weight excluding hydrogens is 342 g/mol. The van der Waals surface area contributed by atoms with Gasteiger partial charge in [-0.2, -0.15) is 0 Å². The largest absolute Gasteiger partial charge is 0.497 e. The summed E-state index contributed by atoms with van der Waals surface area (Å²) in [5.41, 5.74) is 3.30. The number of amides is 1. The van der Waals surface area contributed by atoms with E-state index in [4.69, 9.17) is 14.2 Å². The first-order chi connectivity index (χ1) is 12.8. The number of rotatable bonds is 8. The second-order valence-corrected chi connectivity index (χ2v) is 6.86. The fourth-order valence-electron chi connectivity index (χ4n) is 3.07. The number of hydrogen-bond acceptors (Lipinski definition) is 4. The first kappa shape index (κ1) is 20.6. The van der Waals surface area contributed by atoms with Gasteiger partial charge in [0.25, 0.3) is 5.91 Å². The average molecular weight is 371 g/mol. The van der Waals surface area contributed by atoms with Crippen molar-refractivity contribution in [2.75, 3.05) is 20.8 Å². The molecule has 0 radical (unpaired) electrons. The Labute approximate surface area is 161 Å². The minimum Gasteiger partial charge on any atom is -0.497 e. The van der Waals surface area contributed by atoms with E-state index in [9.17, 15) is 4.79 Å². The maximum Gasteiger partial charge on any atom is 0.258 e. The van der Waals surface area contributed by atoms with Crippen molar-refractivity contribution in [3.63, 3.8) is 0 Å². The van der Waals surface area contributed by atoms with Gasteiger partial charge in [-0.25, -0.2) is 0 Å². The van der Waals surface area contributed by atoms with Crippen molar-refractivity contribution < 1.29 is 19.0 Å². The minimum absolute atomic E-state index is 0.0446. The molecule has 0 bridgehead atoms. The van der Waals surface area contributed by atoms with Gasteiger partial charge in [0.2, 0.25) is 0 Å². The van der Waals surface area contributed by atoms with Gasteiger partial charge in [0.15, 0.2) is 6.61 Å². The van der Waals surface area contributed by atoms with Crippen LogP contribution >= 0.6 is 0 Å². The Kier molecular flexibility index (Phi) is 7.11. The van der Waals surface area contributed by atoms with E-state index in [1.165, 1.54) is 5.56 Å². The van der Waals surface area contributed by atoms with Gasteiger partial charge < -0.3 is 19.5 Å². The van der Waals surface area contributed by atoms with Gasteiger partial charge in [-0.1, -0.05) is 19.9 Å². The quantitative estimate of drug-likeness (QED) is 0.748. The number of methoxy groups -OCH3 is 2. The summed E-state index contributed by atoms with van der Waals surface area (Å²) in [5.74, 6) is 2.37. The fraction of sp³-hybridized carbons (Fsp3) is 0.409. The summed E-state index contributed by atoms with van der Waals surface area (Å²) in [6.45, 7) is 8.22. The summed E-state index contributed by atoms with van der Waals surface area (Å²) in [6.07, 6.45) is 0. The molecule has 1 unspecified atom stereocenters. The van der Waals surface area contributed by atoms with Crippen molar-refractivity contribution >= 4 is 5.91 Å². The second-order valence-electron chi connectivity index (χ2n) is 6.86. The molecule has 1 N–H and O–H groups in total. The lowest BCUT2D eigenvalue weighted by atomic mass is 9.98. The molecule has 2 rings (SSSR count). The highest BCUT2D eigenvalue weighted by Crippen LogP contribution is 2.29. The number of ether oxygens (including phenoxy) is 3. The Morgan fingerprint density at radius 2 is 1.67 bits per heavy atom. The topological polar surface area (TPSA) is 56.8 Å². The van der Waals surface area contributed by atoms with Crippen LogP contribution in [-0.4, -0.2) is 26.7 Å². The van der Waals surface area contributed by atoms with Crippen molar-refractivity contribution in [3.05, 3.63) is 53.1 Å². The van der Waals surface area contributed by atoms with Crippen molar-refractivity contribution in [2.24, 2.45) is 0 Å². The van der Waals surface area contributed by atoms with E-state index in [0.717, 1.165) is 11.1 Å². The molecule has 0 aliphatic heterocycles. The van der Waals surface area contributed by atoms with Crippen LogP contribution in [0.4, 0.5) is 0 Å². The molecule has 0 aromatic heterocycles. The van der Waals surface area contributed by atoms with Gasteiger partial charge in [0, 0.05) is 5.56 Å². The van der Waals surface area contributed by atoms with Crippen LogP contribution in [0.3, 0.4) is 0 Å². The van der Waals surface area contributed by atoms with Crippen molar-refractivity contribution in [1.82, 2.24) is 5.32 Å². The van der Waals surface area contributed by atoms with Crippen LogP contribution in [0, 0.1) is 6.92 Å². The lowest BCUT2D eigenvalue weighted by molar-refractivity contribution is -0.123. The van der Waals surface area contributed by atoms with Crippen molar-refractivity contribution in [1.29, 1.82) is 0 Å². The summed E-state index contributed by atoms with van der Waals surface area (Å²) in [7, 11) is 3.21. The number of carbonyl (C=O) groups is 1. The molecular formula is C22H29NO4. The van der Waals surface area contributed by atoms with Gasteiger partial charge >= 0.3 is 0 Å². The lowest BCUT2D eigenvalue weighted by Crippen LogP contribution is -2.31. The molecule has 2 aromatic rings. The van der Waals surface area contributed by atoms with Crippen molar-refractivity contribution in [3.8, 4) is 17.2 Å². The zero-order chi connectivity index (χ0) is 20.0. The summed E-state index contributed by atoms with van der Waals surface area (Å²) in [6, 6.07) is 11.2. The second kappa shape index (κ2) is 9.31. The van der Waals surface area contributed by atoms with Crippen LogP contribution in [-0.2, 0) is 4.79 Å². The first-order valence-corrected chi connectivity index (χ1v) is 9.10. The maximum absolute atomic E-state index is 12.3. The Morgan fingerprint density at radius 3 is 2.26 bits per heavy atom. The Morgan fingerprint density at radius 1 is 0.963 bits per heavy atom. The number of hydrogen-bond donors (Lipinski definition) is 1. The molecule has 0 aliphatic carbocycles. The standard InChI is InChI=1S/C22H29NO4/c1-14(2)19-9-7-18(11-15(19)3)27-13-22(24)23-16(4)20-12-17(25-5)8-10-21(20)26-6/h7-12,14,16H,13H2,1-6H3,(H,23,24). The highest BCUT2D eigenvalue weighted by Gasteiger charge is 2.16. The monoisotopic (exact) mass is 371 g/mol. The zero-order valence-corrected chi connectivity index (χ0v) is 17.0. The third-order valence-electron chi connectivity index (χ3n) is 4.51. The molecule has 5 heteroatoms. The Bertz CT molecular complexity index is 786. The molecule has 2 aromatic carbocycles. The molecule has 5 nitrogen and oxygen atoms in total. The number of aryl methyl sites for hydroxylation is 1. The van der Waals surface area contributed by atoms with E-state index < -0.39 is 0 Å². The molecule has 146 valence electrons. The number of nitrogens with one attached hydrogen (secondary N) is 1. The molecule has 0 saturated carbocycles. The van der Waals surface area contributed by atoms with Crippen LogP contribution in [0.2, 0.25) is 0 Å².